The number of carbonyl (C=O) groups is 2. The van der Waals surface area contributed by atoms with Crippen molar-refractivity contribution in [3.8, 4) is 0 Å². The molecule has 0 radical (unpaired) electrons. The van der Waals surface area contributed by atoms with Gasteiger partial charge < -0.3 is 14.4 Å². The highest BCUT2D eigenvalue weighted by molar-refractivity contribution is 5.86. The van der Waals surface area contributed by atoms with Gasteiger partial charge >= 0.3 is 0 Å². The summed E-state index contributed by atoms with van der Waals surface area (Å²) in [7, 11) is 4.69. The summed E-state index contributed by atoms with van der Waals surface area (Å²) in [5, 5.41) is 0. The van der Waals surface area contributed by atoms with Gasteiger partial charge in [-0.25, -0.2) is 0 Å². The second kappa shape index (κ2) is 5.41. The lowest BCUT2D eigenvalue weighted by molar-refractivity contribution is -0.137. The lowest BCUT2D eigenvalue weighted by Gasteiger charge is -2.23. The van der Waals surface area contributed by atoms with Crippen LogP contribution in [0.2, 0.25) is 0 Å². The second-order valence-electron chi connectivity index (χ2n) is 3.97. The lowest BCUT2D eigenvalue weighted by Crippen LogP contribution is -2.37. The summed E-state index contributed by atoms with van der Waals surface area (Å²) in [6, 6.07) is -0.213. The first kappa shape index (κ1) is 13.1. The highest BCUT2D eigenvalue weighted by Gasteiger charge is 2.47. The average Bonchev–Trinajstić information content (AvgIpc) is 2.52. The van der Waals surface area contributed by atoms with E-state index in [1.54, 1.807) is 11.9 Å². The fourth-order valence-electron chi connectivity index (χ4n) is 2.07. The maximum atomic E-state index is 11.8. The Morgan fingerprint density at radius 3 is 2.44 bits per heavy atom. The first-order valence-electron chi connectivity index (χ1n) is 5.40. The van der Waals surface area contributed by atoms with Crippen LogP contribution in [0.4, 0.5) is 0 Å². The van der Waals surface area contributed by atoms with Crippen molar-refractivity contribution in [3.63, 3.8) is 0 Å². The summed E-state index contributed by atoms with van der Waals surface area (Å²) in [4.78, 5) is 24.8. The Kier molecular flexibility index (Phi) is 4.44. The van der Waals surface area contributed by atoms with Crippen molar-refractivity contribution >= 4 is 11.7 Å². The van der Waals surface area contributed by atoms with Crippen molar-refractivity contribution in [2.45, 2.75) is 38.0 Å². The second-order valence-corrected chi connectivity index (χ2v) is 3.97. The van der Waals surface area contributed by atoms with E-state index in [9.17, 15) is 9.59 Å². The van der Waals surface area contributed by atoms with Crippen LogP contribution in [0.1, 0.15) is 19.8 Å². The van der Waals surface area contributed by atoms with E-state index >= 15 is 0 Å². The third kappa shape index (κ3) is 2.25. The molecule has 2 unspecified atom stereocenters. The summed E-state index contributed by atoms with van der Waals surface area (Å²) < 4.78 is 10.4. The molecule has 1 aliphatic rings. The van der Waals surface area contributed by atoms with Gasteiger partial charge in [-0.2, -0.15) is 0 Å². The van der Waals surface area contributed by atoms with Crippen LogP contribution in [-0.2, 0) is 19.1 Å². The number of Topliss-reactive ketones (excluding diaryl/α,β-unsaturated/α-hetero) is 1. The minimum atomic E-state index is -0.593. The molecule has 1 rings (SSSR count). The van der Waals surface area contributed by atoms with Gasteiger partial charge in [-0.3, -0.25) is 9.59 Å². The normalized spacial score (nSPS) is 29.9. The molecule has 0 aromatic carbocycles. The molecular formula is C11H19NO4. The summed E-state index contributed by atoms with van der Waals surface area (Å²) >= 11 is 0. The molecule has 92 valence electrons. The van der Waals surface area contributed by atoms with Crippen LogP contribution in [0, 0.1) is 0 Å². The predicted octanol–water partition coefficient (Wildman–Crippen LogP) is 0.226. The van der Waals surface area contributed by atoms with E-state index < -0.39 is 6.10 Å². The van der Waals surface area contributed by atoms with Gasteiger partial charge in [0.05, 0.1) is 6.04 Å². The van der Waals surface area contributed by atoms with Crippen molar-refractivity contribution in [1.82, 2.24) is 4.90 Å². The number of likely N-dealkylation sites (tertiary alicyclic amines) is 1. The Morgan fingerprint density at radius 1 is 1.38 bits per heavy atom. The molecule has 16 heavy (non-hydrogen) atoms. The summed E-state index contributed by atoms with van der Waals surface area (Å²) in [6.07, 6.45) is -0.147. The number of methoxy groups -OCH3 is 2. The van der Waals surface area contributed by atoms with Gasteiger partial charge in [0, 0.05) is 34.1 Å². The van der Waals surface area contributed by atoms with Gasteiger partial charge in [-0.1, -0.05) is 6.92 Å². The van der Waals surface area contributed by atoms with Gasteiger partial charge in [-0.15, -0.1) is 0 Å². The number of rotatable bonds is 5. The third-order valence-electron chi connectivity index (χ3n) is 3.12. The van der Waals surface area contributed by atoms with Crippen molar-refractivity contribution in [1.29, 1.82) is 0 Å². The van der Waals surface area contributed by atoms with Crippen molar-refractivity contribution < 1.29 is 19.1 Å². The molecule has 5 heteroatoms. The van der Waals surface area contributed by atoms with Crippen LogP contribution in [-0.4, -0.2) is 56.1 Å². The Balaban J connectivity index is 2.81. The molecule has 0 saturated carbocycles. The zero-order valence-corrected chi connectivity index (χ0v) is 10.2. The quantitative estimate of drug-likeness (QED) is 0.677. The lowest BCUT2D eigenvalue weighted by atomic mass is 10.0. The van der Waals surface area contributed by atoms with E-state index in [4.69, 9.17) is 9.47 Å². The number of nitrogens with zero attached hydrogens (tertiary/aromatic N) is 1. The minimum absolute atomic E-state index is 0.122. The van der Waals surface area contributed by atoms with Crippen molar-refractivity contribution in [2.24, 2.45) is 0 Å². The van der Waals surface area contributed by atoms with Crippen molar-refractivity contribution in [3.05, 3.63) is 0 Å². The van der Waals surface area contributed by atoms with Gasteiger partial charge in [-0.05, 0) is 0 Å². The molecule has 0 bridgehead atoms. The monoisotopic (exact) mass is 229 g/mol. The van der Waals surface area contributed by atoms with Gasteiger partial charge in [0.25, 0.3) is 5.91 Å². The first-order valence-corrected chi connectivity index (χ1v) is 5.40. The smallest absolute Gasteiger partial charge is 0.254 e. The maximum absolute atomic E-state index is 11.8. The Bertz CT molecular complexity index is 279. The molecule has 0 aromatic rings. The molecule has 1 amide bonds. The van der Waals surface area contributed by atoms with E-state index in [-0.39, 0.29) is 23.8 Å². The number of amides is 1. The zero-order valence-electron chi connectivity index (χ0n) is 10.2. The SMILES string of the molecule is CCC(=O)C[C@H]1C(OC)C(OC)C(=O)N1C. The van der Waals surface area contributed by atoms with Crippen LogP contribution in [0.3, 0.4) is 0 Å². The largest absolute Gasteiger partial charge is 0.376 e. The van der Waals surface area contributed by atoms with Gasteiger partial charge in [0.1, 0.15) is 11.9 Å². The predicted molar refractivity (Wildman–Crippen MR) is 58.1 cm³/mol. The average molecular weight is 229 g/mol. The molecule has 5 nitrogen and oxygen atoms in total. The van der Waals surface area contributed by atoms with Crippen LogP contribution >= 0.6 is 0 Å². The van der Waals surface area contributed by atoms with Gasteiger partial charge in [0.2, 0.25) is 0 Å². The molecular weight excluding hydrogens is 210 g/mol. The molecule has 1 saturated heterocycles. The van der Waals surface area contributed by atoms with Crippen LogP contribution in [0.5, 0.6) is 0 Å². The third-order valence-corrected chi connectivity index (χ3v) is 3.12. The van der Waals surface area contributed by atoms with Gasteiger partial charge in [0.15, 0.2) is 6.10 Å². The van der Waals surface area contributed by atoms with Crippen molar-refractivity contribution in [2.75, 3.05) is 21.3 Å². The Labute approximate surface area is 95.7 Å². The highest BCUT2D eigenvalue weighted by Crippen LogP contribution is 2.25. The van der Waals surface area contributed by atoms with E-state index in [0.717, 1.165) is 0 Å². The number of carbonyl (C=O) groups excluding carboxylic acids is 2. The van der Waals surface area contributed by atoms with E-state index in [0.29, 0.717) is 12.8 Å². The zero-order chi connectivity index (χ0) is 12.3. The fraction of sp³-hybridized carbons (Fsp3) is 0.818. The molecule has 1 heterocycles. The summed E-state index contributed by atoms with van der Waals surface area (Å²) in [6.45, 7) is 1.81. The van der Waals surface area contributed by atoms with E-state index in [1.165, 1.54) is 14.2 Å². The summed E-state index contributed by atoms with van der Waals surface area (Å²) in [5.41, 5.74) is 0. The number of likely N-dealkylation sites (N-methyl/N-ethyl adjacent to an activating group) is 1. The van der Waals surface area contributed by atoms with Crippen LogP contribution in [0.15, 0.2) is 0 Å². The molecule has 1 fully saturated rings. The molecule has 3 atom stereocenters. The fourth-order valence-corrected chi connectivity index (χ4v) is 2.07. The summed E-state index contributed by atoms with van der Waals surface area (Å²) in [5.74, 6) is 0.00621. The minimum Gasteiger partial charge on any atom is -0.376 e. The van der Waals surface area contributed by atoms with E-state index in [1.807, 2.05) is 6.92 Å². The van der Waals surface area contributed by atoms with E-state index in [2.05, 4.69) is 0 Å². The topological polar surface area (TPSA) is 55.8 Å². The molecule has 0 aliphatic carbocycles. The first-order chi connectivity index (χ1) is 7.56. The van der Waals surface area contributed by atoms with Crippen LogP contribution < -0.4 is 0 Å². The molecule has 0 N–H and O–H groups in total. The standard InChI is InChI=1S/C11H19NO4/c1-5-7(13)6-8-9(15-3)10(16-4)11(14)12(8)2/h8-10H,5-6H2,1-4H3/t8-,9?,10?/m0/s1. The Morgan fingerprint density at radius 2 is 2.00 bits per heavy atom. The number of ether oxygens (including phenoxy) is 2. The number of ketones is 1. The van der Waals surface area contributed by atoms with Crippen LogP contribution in [0.25, 0.3) is 0 Å². The number of hydrogen-bond donors (Lipinski definition) is 0. The molecule has 0 spiro atoms. The molecule has 1 aliphatic heterocycles. The molecule has 0 aromatic heterocycles. The maximum Gasteiger partial charge on any atom is 0.254 e. The number of hydrogen-bond acceptors (Lipinski definition) is 4. The Hall–Kier alpha value is -0.940. The highest BCUT2D eigenvalue weighted by atomic mass is 16.5.